The predicted octanol–water partition coefficient (Wildman–Crippen LogP) is 5.31. The first-order chi connectivity index (χ1) is 14.0. The normalized spacial score (nSPS) is 10.9. The van der Waals surface area contributed by atoms with Crippen LogP contribution in [0.3, 0.4) is 0 Å². The number of carbonyl (C=O) groups is 2. The zero-order valence-corrected chi connectivity index (χ0v) is 17.5. The van der Waals surface area contributed by atoms with Crippen LogP contribution in [0.25, 0.3) is 0 Å². The van der Waals surface area contributed by atoms with Gasteiger partial charge in [0.15, 0.2) is 5.17 Å². The fourth-order valence-electron chi connectivity index (χ4n) is 2.32. The number of para-hydroxylation sites is 1. The molecule has 0 radical (unpaired) electrons. The maximum atomic E-state index is 12.3. The molecule has 0 aliphatic rings. The van der Waals surface area contributed by atoms with Crippen LogP contribution < -0.4 is 15.4 Å². The van der Waals surface area contributed by atoms with Crippen LogP contribution in [0, 0.1) is 0 Å². The number of methoxy groups -OCH3 is 1. The number of amides is 2. The van der Waals surface area contributed by atoms with Crippen molar-refractivity contribution in [3.05, 3.63) is 48.5 Å². The van der Waals surface area contributed by atoms with E-state index in [-0.39, 0.29) is 5.91 Å². The molecule has 7 nitrogen and oxygen atoms in total. The van der Waals surface area contributed by atoms with Gasteiger partial charge in [0.05, 0.1) is 18.5 Å². The molecular weight excluding hydrogens is 390 g/mol. The molecule has 0 saturated heterocycles. The topological polar surface area (TPSA) is 89.0 Å². The van der Waals surface area contributed by atoms with Gasteiger partial charge >= 0.3 is 6.09 Å². The first-order valence-corrected chi connectivity index (χ1v) is 10.4. The molecule has 154 valence electrons. The van der Waals surface area contributed by atoms with Gasteiger partial charge in [-0.3, -0.25) is 10.1 Å². The van der Waals surface area contributed by atoms with Gasteiger partial charge < -0.3 is 14.8 Å². The Labute approximate surface area is 174 Å². The summed E-state index contributed by atoms with van der Waals surface area (Å²) in [6.07, 6.45) is 3.30. The van der Waals surface area contributed by atoms with Crippen molar-refractivity contribution < 1.29 is 19.1 Å². The molecule has 0 spiro atoms. The second kappa shape index (κ2) is 11.8. The number of nitrogens with zero attached hydrogens (tertiary/aromatic N) is 1. The fraction of sp³-hybridized carbons (Fsp3) is 0.286. The van der Waals surface area contributed by atoms with E-state index < -0.39 is 6.09 Å². The highest BCUT2D eigenvalue weighted by Gasteiger charge is 2.11. The smallest absolute Gasteiger partial charge is 0.412 e. The summed E-state index contributed by atoms with van der Waals surface area (Å²) in [5, 5.41) is 5.78. The Balaban J connectivity index is 2.32. The van der Waals surface area contributed by atoms with E-state index in [9.17, 15) is 9.59 Å². The molecule has 29 heavy (non-hydrogen) atoms. The maximum absolute atomic E-state index is 12.3. The first-order valence-electron chi connectivity index (χ1n) is 9.20. The van der Waals surface area contributed by atoms with Crippen molar-refractivity contribution in [1.82, 2.24) is 5.32 Å². The summed E-state index contributed by atoms with van der Waals surface area (Å²) in [6, 6.07) is 14.5. The molecule has 2 aromatic carbocycles. The lowest BCUT2D eigenvalue weighted by molar-refractivity contribution is -0.116. The van der Waals surface area contributed by atoms with E-state index >= 15 is 0 Å². The molecule has 2 N–H and O–H groups in total. The van der Waals surface area contributed by atoms with E-state index in [1.807, 2.05) is 37.3 Å². The van der Waals surface area contributed by atoms with E-state index in [4.69, 9.17) is 4.74 Å². The van der Waals surface area contributed by atoms with Crippen LogP contribution in [0.15, 0.2) is 53.5 Å². The van der Waals surface area contributed by atoms with Gasteiger partial charge in [-0.2, -0.15) is 0 Å². The summed E-state index contributed by atoms with van der Waals surface area (Å²) in [6.45, 7) is 2.03. The number of carbonyl (C=O) groups excluding carboxylic acids is 2. The average molecular weight is 416 g/mol. The first kappa shape index (κ1) is 22.3. The SMILES string of the molecule is CCCCC(=O)Nc1cc(Oc2ccccc2)ccc1N=C(NC(=O)OC)SC. The largest absolute Gasteiger partial charge is 0.457 e. The zero-order valence-electron chi connectivity index (χ0n) is 16.7. The van der Waals surface area contributed by atoms with Gasteiger partial charge in [0.2, 0.25) is 5.91 Å². The number of thioether (sulfide) groups is 1. The Hall–Kier alpha value is -3.00. The van der Waals surface area contributed by atoms with Crippen molar-refractivity contribution in [2.45, 2.75) is 26.2 Å². The minimum atomic E-state index is -0.615. The summed E-state index contributed by atoms with van der Waals surface area (Å²) >= 11 is 1.25. The van der Waals surface area contributed by atoms with Crippen molar-refractivity contribution in [2.75, 3.05) is 18.7 Å². The quantitative estimate of drug-likeness (QED) is 0.472. The highest BCUT2D eigenvalue weighted by atomic mass is 32.2. The number of hydrogen-bond acceptors (Lipinski definition) is 6. The molecule has 2 amide bonds. The lowest BCUT2D eigenvalue weighted by Gasteiger charge is -2.13. The van der Waals surface area contributed by atoms with Gasteiger partial charge in [-0.1, -0.05) is 43.3 Å². The number of anilines is 1. The lowest BCUT2D eigenvalue weighted by Crippen LogP contribution is -2.27. The molecule has 2 rings (SSSR count). The Morgan fingerprint density at radius 3 is 2.52 bits per heavy atom. The number of hydrogen-bond donors (Lipinski definition) is 2. The summed E-state index contributed by atoms with van der Waals surface area (Å²) in [5.74, 6) is 1.14. The number of nitrogens with one attached hydrogen (secondary N) is 2. The number of ether oxygens (including phenoxy) is 2. The molecule has 0 saturated carbocycles. The van der Waals surface area contributed by atoms with Crippen LogP contribution in [0.1, 0.15) is 26.2 Å². The van der Waals surface area contributed by atoms with Crippen molar-refractivity contribution in [2.24, 2.45) is 4.99 Å². The van der Waals surface area contributed by atoms with Gasteiger partial charge in [0.1, 0.15) is 11.5 Å². The average Bonchev–Trinajstić information content (AvgIpc) is 2.74. The molecular formula is C21H25N3O4S. The third-order valence-corrected chi connectivity index (χ3v) is 4.37. The molecule has 0 bridgehead atoms. The summed E-state index contributed by atoms with van der Waals surface area (Å²) in [7, 11) is 1.28. The van der Waals surface area contributed by atoms with E-state index in [2.05, 4.69) is 20.4 Å². The monoisotopic (exact) mass is 415 g/mol. The third-order valence-electron chi connectivity index (χ3n) is 3.79. The Bertz CT molecular complexity index is 856. The summed E-state index contributed by atoms with van der Waals surface area (Å²) in [5.41, 5.74) is 0.994. The van der Waals surface area contributed by atoms with Gasteiger partial charge in [-0.25, -0.2) is 9.79 Å². The highest BCUT2D eigenvalue weighted by molar-refractivity contribution is 8.13. The Morgan fingerprint density at radius 2 is 1.86 bits per heavy atom. The van der Waals surface area contributed by atoms with Gasteiger partial charge in [0, 0.05) is 12.5 Å². The van der Waals surface area contributed by atoms with E-state index in [0.29, 0.717) is 34.5 Å². The minimum Gasteiger partial charge on any atom is -0.457 e. The second-order valence-corrected chi connectivity index (χ2v) is 6.78. The number of alkyl carbamates (subject to hydrolysis) is 1. The molecule has 8 heteroatoms. The van der Waals surface area contributed by atoms with Crippen molar-refractivity contribution >= 4 is 40.3 Å². The molecule has 0 heterocycles. The lowest BCUT2D eigenvalue weighted by atomic mass is 10.2. The van der Waals surface area contributed by atoms with Crippen molar-refractivity contribution in [3.63, 3.8) is 0 Å². The number of rotatable bonds is 7. The van der Waals surface area contributed by atoms with Gasteiger partial charge in [-0.05, 0) is 36.9 Å². The molecule has 2 aromatic rings. The van der Waals surface area contributed by atoms with Gasteiger partial charge in [-0.15, -0.1) is 0 Å². The summed E-state index contributed by atoms with van der Waals surface area (Å²) in [4.78, 5) is 28.2. The molecule has 0 aromatic heterocycles. The molecule has 0 unspecified atom stereocenters. The summed E-state index contributed by atoms with van der Waals surface area (Å²) < 4.78 is 10.5. The number of benzene rings is 2. The van der Waals surface area contributed by atoms with E-state index in [1.165, 1.54) is 18.9 Å². The van der Waals surface area contributed by atoms with Crippen LogP contribution in [0.4, 0.5) is 16.2 Å². The molecule has 0 fully saturated rings. The Kier molecular flexibility index (Phi) is 9.04. The van der Waals surface area contributed by atoms with E-state index in [1.54, 1.807) is 24.5 Å². The van der Waals surface area contributed by atoms with E-state index in [0.717, 1.165) is 12.8 Å². The second-order valence-electron chi connectivity index (χ2n) is 5.98. The number of amidine groups is 1. The van der Waals surface area contributed by atoms with Crippen LogP contribution in [0.5, 0.6) is 11.5 Å². The zero-order chi connectivity index (χ0) is 21.1. The highest BCUT2D eigenvalue weighted by Crippen LogP contribution is 2.32. The van der Waals surface area contributed by atoms with Crippen molar-refractivity contribution in [1.29, 1.82) is 0 Å². The molecule has 0 aliphatic carbocycles. The predicted molar refractivity (Wildman–Crippen MR) is 117 cm³/mol. The standard InChI is InChI=1S/C21H25N3O4S/c1-4-5-11-19(25)22-18-14-16(28-15-9-7-6-8-10-15)12-13-17(18)23-20(29-3)24-21(26)27-2/h6-10,12-14H,4-5,11H2,1-3H3,(H,22,25)(H,23,24,26). The van der Waals surface area contributed by atoms with Crippen molar-refractivity contribution in [3.8, 4) is 11.5 Å². The molecule has 0 atom stereocenters. The fourth-order valence-corrected chi connectivity index (χ4v) is 2.70. The maximum Gasteiger partial charge on any atom is 0.412 e. The molecule has 0 aliphatic heterocycles. The number of unbranched alkanes of at least 4 members (excludes halogenated alkanes) is 1. The van der Waals surface area contributed by atoms with Crippen LogP contribution in [-0.2, 0) is 9.53 Å². The Morgan fingerprint density at radius 1 is 1.10 bits per heavy atom. The van der Waals surface area contributed by atoms with Crippen LogP contribution in [0.2, 0.25) is 0 Å². The van der Waals surface area contributed by atoms with Gasteiger partial charge in [0.25, 0.3) is 0 Å². The van der Waals surface area contributed by atoms with Crippen LogP contribution in [-0.4, -0.2) is 30.5 Å². The number of aliphatic imine (C=N–C) groups is 1. The van der Waals surface area contributed by atoms with Crippen LogP contribution >= 0.6 is 11.8 Å². The minimum absolute atomic E-state index is 0.105. The third kappa shape index (κ3) is 7.50.